The fourth-order valence-electron chi connectivity index (χ4n) is 6.01. The third kappa shape index (κ3) is 5.49. The molecule has 0 radical (unpaired) electrons. The van der Waals surface area contributed by atoms with Crippen LogP contribution in [0.1, 0.15) is 72.0 Å². The van der Waals surface area contributed by atoms with E-state index in [9.17, 15) is 9.59 Å². The van der Waals surface area contributed by atoms with Crippen molar-refractivity contribution >= 4 is 5.91 Å². The smallest absolute Gasteiger partial charge is 0.277 e. The summed E-state index contributed by atoms with van der Waals surface area (Å²) in [5.41, 5.74) is 4.30. The molecule has 1 amide bonds. The Labute approximate surface area is 241 Å². The maximum Gasteiger partial charge on any atom is 0.277 e. The van der Waals surface area contributed by atoms with Gasteiger partial charge < -0.3 is 9.64 Å². The zero-order valence-corrected chi connectivity index (χ0v) is 23.7. The van der Waals surface area contributed by atoms with E-state index >= 15 is 0 Å². The second-order valence-corrected chi connectivity index (χ2v) is 11.7. The first-order valence-electron chi connectivity index (χ1n) is 14.4. The second kappa shape index (κ2) is 11.2. The van der Waals surface area contributed by atoms with E-state index in [1.165, 1.54) is 11.6 Å². The van der Waals surface area contributed by atoms with Gasteiger partial charge in [-0.05, 0) is 59.9 Å². The van der Waals surface area contributed by atoms with Gasteiger partial charge in [0.05, 0.1) is 5.69 Å². The Morgan fingerprint density at radius 1 is 0.927 bits per heavy atom. The van der Waals surface area contributed by atoms with E-state index in [1.54, 1.807) is 6.20 Å². The van der Waals surface area contributed by atoms with E-state index in [0.717, 1.165) is 42.5 Å². The van der Waals surface area contributed by atoms with Gasteiger partial charge in [-0.3, -0.25) is 24.3 Å². The SMILES string of the molecule is CC1(C)CCCN2CN(C(c3ccccn3)c3ccccc3CC1)n1ccc(=O)c(OCc3ccccc3)c1C2=O. The standard InChI is InChI=1S/C34H36N4O3/c1-34(2)18-10-21-36-24-38(30(28-15-8-9-20-35-28)27-14-7-6-13-26(27)16-19-34)37-22-17-29(39)32(31(37)33(36)40)41-23-25-11-4-3-5-12-25/h3-9,11-15,17,20,22,30H,10,16,18-19,21,23-24H2,1-2H3. The van der Waals surface area contributed by atoms with Gasteiger partial charge in [-0.25, -0.2) is 0 Å². The molecule has 0 fully saturated rings. The molecule has 7 nitrogen and oxygen atoms in total. The Hall–Kier alpha value is -4.39. The summed E-state index contributed by atoms with van der Waals surface area (Å²) < 4.78 is 7.98. The minimum Gasteiger partial charge on any atom is -0.482 e. The van der Waals surface area contributed by atoms with Gasteiger partial charge in [0, 0.05) is 25.0 Å². The molecule has 1 atom stereocenters. The molecule has 2 aromatic carbocycles. The van der Waals surface area contributed by atoms with Crippen molar-refractivity contribution in [1.82, 2.24) is 14.6 Å². The van der Waals surface area contributed by atoms with Crippen molar-refractivity contribution in [2.45, 2.75) is 52.2 Å². The van der Waals surface area contributed by atoms with Crippen molar-refractivity contribution in [2.24, 2.45) is 5.41 Å². The average molecular weight is 549 g/mol. The first kappa shape index (κ1) is 26.8. The maximum absolute atomic E-state index is 14.1. The van der Waals surface area contributed by atoms with E-state index in [4.69, 9.17) is 9.72 Å². The van der Waals surface area contributed by atoms with Crippen LogP contribution in [-0.4, -0.2) is 33.7 Å². The number of aryl methyl sites for hydroxylation is 1. The molecular weight excluding hydrogens is 512 g/mol. The number of benzene rings is 2. The number of hydrogen-bond acceptors (Lipinski definition) is 5. The van der Waals surface area contributed by atoms with Crippen molar-refractivity contribution < 1.29 is 9.53 Å². The Morgan fingerprint density at radius 2 is 1.71 bits per heavy atom. The quantitative estimate of drug-likeness (QED) is 0.327. The zero-order chi connectivity index (χ0) is 28.4. The third-order valence-corrected chi connectivity index (χ3v) is 8.31. The molecule has 2 bridgehead atoms. The number of aromatic nitrogens is 2. The molecule has 1 unspecified atom stereocenters. The minimum atomic E-state index is -0.306. The molecule has 0 saturated carbocycles. The van der Waals surface area contributed by atoms with Gasteiger partial charge in [0.15, 0.2) is 11.4 Å². The highest BCUT2D eigenvalue weighted by atomic mass is 16.5. The van der Waals surface area contributed by atoms with Gasteiger partial charge in [0.2, 0.25) is 5.43 Å². The fraction of sp³-hybridized carbons (Fsp3) is 0.324. The highest BCUT2D eigenvalue weighted by molar-refractivity contribution is 5.96. The van der Waals surface area contributed by atoms with Crippen molar-refractivity contribution in [3.63, 3.8) is 0 Å². The number of amides is 1. The van der Waals surface area contributed by atoms with Crippen LogP contribution >= 0.6 is 0 Å². The van der Waals surface area contributed by atoms with E-state index < -0.39 is 0 Å². The molecule has 210 valence electrons. The number of carbonyl (C=O) groups excluding carboxylic acids is 1. The highest BCUT2D eigenvalue weighted by Gasteiger charge is 2.38. The lowest BCUT2D eigenvalue weighted by molar-refractivity contribution is 0.0664. The van der Waals surface area contributed by atoms with Crippen LogP contribution in [0.2, 0.25) is 0 Å². The van der Waals surface area contributed by atoms with Gasteiger partial charge in [-0.2, -0.15) is 0 Å². The number of fused-ring (bicyclic) bond motifs is 5. The number of carbonyl (C=O) groups is 1. The van der Waals surface area contributed by atoms with Crippen LogP contribution in [0.25, 0.3) is 0 Å². The van der Waals surface area contributed by atoms with Crippen LogP contribution in [-0.2, 0) is 13.0 Å². The molecular formula is C34H36N4O3. The summed E-state index contributed by atoms with van der Waals surface area (Å²) in [6, 6.07) is 25.4. The van der Waals surface area contributed by atoms with Crippen LogP contribution in [0.4, 0.5) is 0 Å². The van der Waals surface area contributed by atoms with Gasteiger partial charge in [-0.1, -0.05) is 74.5 Å². The minimum absolute atomic E-state index is 0.0801. The number of nitrogens with zero attached hydrogens (tertiary/aromatic N) is 4. The summed E-state index contributed by atoms with van der Waals surface area (Å²) in [6.45, 7) is 5.78. The maximum atomic E-state index is 14.1. The zero-order valence-electron chi connectivity index (χ0n) is 23.7. The molecule has 7 heteroatoms. The average Bonchev–Trinajstić information content (AvgIpc) is 2.98. The molecule has 41 heavy (non-hydrogen) atoms. The fourth-order valence-corrected chi connectivity index (χ4v) is 6.01. The molecule has 0 spiro atoms. The molecule has 2 aliphatic heterocycles. The molecule has 6 rings (SSSR count). The highest BCUT2D eigenvalue weighted by Crippen LogP contribution is 2.37. The first-order chi connectivity index (χ1) is 19.9. The van der Waals surface area contributed by atoms with Crippen LogP contribution in [0.5, 0.6) is 5.75 Å². The van der Waals surface area contributed by atoms with Crippen LogP contribution in [0.3, 0.4) is 0 Å². The molecule has 4 heterocycles. The normalized spacial score (nSPS) is 18.5. The predicted molar refractivity (Wildman–Crippen MR) is 159 cm³/mol. The Balaban J connectivity index is 1.53. The second-order valence-electron chi connectivity index (χ2n) is 11.7. The van der Waals surface area contributed by atoms with E-state index in [-0.39, 0.29) is 40.8 Å². The number of pyridine rings is 2. The summed E-state index contributed by atoms with van der Waals surface area (Å²) in [7, 11) is 0. The molecule has 4 aromatic rings. The Kier molecular flexibility index (Phi) is 7.35. The Bertz CT molecular complexity index is 1580. The lowest BCUT2D eigenvalue weighted by atomic mass is 9.80. The summed E-state index contributed by atoms with van der Waals surface area (Å²) in [4.78, 5) is 34.0. The lowest BCUT2D eigenvalue weighted by Crippen LogP contribution is -2.56. The van der Waals surface area contributed by atoms with Crippen LogP contribution in [0, 0.1) is 5.41 Å². The first-order valence-corrected chi connectivity index (χ1v) is 14.4. The summed E-state index contributed by atoms with van der Waals surface area (Å²) in [5, 5.41) is 2.15. The van der Waals surface area contributed by atoms with Crippen molar-refractivity contribution in [1.29, 1.82) is 0 Å². The van der Waals surface area contributed by atoms with Crippen molar-refractivity contribution in [3.05, 3.63) is 130 Å². The monoisotopic (exact) mass is 548 g/mol. The lowest BCUT2D eigenvalue weighted by Gasteiger charge is -2.44. The summed E-state index contributed by atoms with van der Waals surface area (Å²) >= 11 is 0. The van der Waals surface area contributed by atoms with E-state index in [1.807, 2.05) is 64.3 Å². The van der Waals surface area contributed by atoms with E-state index in [2.05, 4.69) is 43.1 Å². The van der Waals surface area contributed by atoms with E-state index in [0.29, 0.717) is 13.2 Å². The van der Waals surface area contributed by atoms with Gasteiger partial charge in [0.25, 0.3) is 5.91 Å². The summed E-state index contributed by atoms with van der Waals surface area (Å²) in [6.07, 6.45) is 7.39. The molecule has 2 aromatic heterocycles. The van der Waals surface area contributed by atoms with Gasteiger partial charge in [0.1, 0.15) is 19.3 Å². The predicted octanol–water partition coefficient (Wildman–Crippen LogP) is 5.72. The van der Waals surface area contributed by atoms with Gasteiger partial charge >= 0.3 is 0 Å². The van der Waals surface area contributed by atoms with Gasteiger partial charge in [-0.15, -0.1) is 0 Å². The Morgan fingerprint density at radius 3 is 2.51 bits per heavy atom. The van der Waals surface area contributed by atoms with Crippen LogP contribution in [0.15, 0.2) is 96.1 Å². The summed E-state index contributed by atoms with van der Waals surface area (Å²) in [5.74, 6) is -0.110. The van der Waals surface area contributed by atoms with Crippen molar-refractivity contribution in [3.8, 4) is 5.75 Å². The van der Waals surface area contributed by atoms with Crippen molar-refractivity contribution in [2.75, 3.05) is 18.2 Å². The number of ether oxygens (including phenoxy) is 1. The largest absolute Gasteiger partial charge is 0.482 e. The molecule has 2 aliphatic rings. The molecule has 0 aliphatic carbocycles. The molecule has 0 saturated heterocycles. The number of hydrogen-bond donors (Lipinski definition) is 0. The third-order valence-electron chi connectivity index (χ3n) is 8.31. The topological polar surface area (TPSA) is 67.7 Å². The number of rotatable bonds is 4. The molecule has 0 N–H and O–H groups in total. The van der Waals surface area contributed by atoms with Crippen LogP contribution < -0.4 is 15.2 Å².